The van der Waals surface area contributed by atoms with Crippen LogP contribution in [0.3, 0.4) is 0 Å². The van der Waals surface area contributed by atoms with Crippen LogP contribution in [-0.4, -0.2) is 48.8 Å². The standard InChI is InChI=1S/C14H32N2O/c1-7-14(5,10-15-12(2)3)11-16(6)9-8-13(4)17/h12-13,15,17H,7-11H2,1-6H3. The van der Waals surface area contributed by atoms with E-state index in [-0.39, 0.29) is 6.10 Å². The monoisotopic (exact) mass is 244 g/mol. The largest absolute Gasteiger partial charge is 0.393 e. The lowest BCUT2D eigenvalue weighted by molar-refractivity contribution is 0.136. The maximum Gasteiger partial charge on any atom is 0.0524 e. The first-order chi connectivity index (χ1) is 7.79. The molecule has 0 saturated carbocycles. The van der Waals surface area contributed by atoms with Crippen molar-refractivity contribution in [2.24, 2.45) is 5.41 Å². The van der Waals surface area contributed by atoms with Gasteiger partial charge in [-0.2, -0.15) is 0 Å². The molecule has 0 aromatic heterocycles. The van der Waals surface area contributed by atoms with Crippen LogP contribution in [-0.2, 0) is 0 Å². The van der Waals surface area contributed by atoms with Crippen molar-refractivity contribution in [2.75, 3.05) is 26.7 Å². The lowest BCUT2D eigenvalue weighted by Crippen LogP contribution is -2.43. The highest BCUT2D eigenvalue weighted by molar-refractivity contribution is 4.79. The lowest BCUT2D eigenvalue weighted by atomic mass is 9.86. The van der Waals surface area contributed by atoms with Gasteiger partial charge in [-0.15, -0.1) is 0 Å². The molecule has 2 unspecified atom stereocenters. The van der Waals surface area contributed by atoms with E-state index in [1.165, 1.54) is 6.42 Å². The van der Waals surface area contributed by atoms with Gasteiger partial charge in [-0.05, 0) is 32.2 Å². The molecular weight excluding hydrogens is 212 g/mol. The van der Waals surface area contributed by atoms with Crippen molar-refractivity contribution in [1.82, 2.24) is 10.2 Å². The van der Waals surface area contributed by atoms with Gasteiger partial charge >= 0.3 is 0 Å². The molecule has 0 aliphatic rings. The smallest absolute Gasteiger partial charge is 0.0524 e. The van der Waals surface area contributed by atoms with Crippen molar-refractivity contribution in [3.63, 3.8) is 0 Å². The number of hydrogen-bond acceptors (Lipinski definition) is 3. The number of rotatable bonds is 9. The second-order valence-corrected chi connectivity index (χ2v) is 6.08. The lowest BCUT2D eigenvalue weighted by Gasteiger charge is -2.34. The molecule has 0 aliphatic heterocycles. The van der Waals surface area contributed by atoms with Crippen LogP contribution in [0.1, 0.15) is 47.5 Å². The molecule has 3 nitrogen and oxygen atoms in total. The highest BCUT2D eigenvalue weighted by Crippen LogP contribution is 2.21. The minimum atomic E-state index is -0.195. The minimum Gasteiger partial charge on any atom is -0.393 e. The third kappa shape index (κ3) is 8.58. The zero-order valence-corrected chi connectivity index (χ0v) is 12.6. The first kappa shape index (κ1) is 16.9. The van der Waals surface area contributed by atoms with Crippen LogP contribution in [0.25, 0.3) is 0 Å². The average molecular weight is 244 g/mol. The quantitative estimate of drug-likeness (QED) is 0.652. The van der Waals surface area contributed by atoms with Gasteiger partial charge < -0.3 is 15.3 Å². The molecule has 0 heterocycles. The summed E-state index contributed by atoms with van der Waals surface area (Å²) in [6.07, 6.45) is 1.83. The van der Waals surface area contributed by atoms with Crippen LogP contribution in [0.4, 0.5) is 0 Å². The van der Waals surface area contributed by atoms with Gasteiger partial charge in [0.2, 0.25) is 0 Å². The number of aliphatic hydroxyl groups excluding tert-OH is 1. The van der Waals surface area contributed by atoms with Crippen LogP contribution in [0.5, 0.6) is 0 Å². The molecule has 0 radical (unpaired) electrons. The summed E-state index contributed by atoms with van der Waals surface area (Å²) in [5.41, 5.74) is 0.317. The highest BCUT2D eigenvalue weighted by Gasteiger charge is 2.23. The second-order valence-electron chi connectivity index (χ2n) is 6.08. The van der Waals surface area contributed by atoms with Gasteiger partial charge in [-0.25, -0.2) is 0 Å². The molecule has 0 fully saturated rings. The molecular formula is C14H32N2O. The van der Waals surface area contributed by atoms with Crippen LogP contribution >= 0.6 is 0 Å². The Labute approximate surface area is 108 Å². The summed E-state index contributed by atoms with van der Waals surface area (Å²) in [5, 5.41) is 12.8. The molecule has 2 N–H and O–H groups in total. The Balaban J connectivity index is 4.07. The van der Waals surface area contributed by atoms with Gasteiger partial charge in [-0.1, -0.05) is 27.7 Å². The molecule has 0 bridgehead atoms. The van der Waals surface area contributed by atoms with E-state index in [9.17, 15) is 5.11 Å². The Bertz CT molecular complexity index is 195. The molecule has 0 aliphatic carbocycles. The molecule has 0 rings (SSSR count). The van der Waals surface area contributed by atoms with Gasteiger partial charge in [0.1, 0.15) is 0 Å². The second kappa shape index (κ2) is 8.06. The summed E-state index contributed by atoms with van der Waals surface area (Å²) >= 11 is 0. The maximum atomic E-state index is 9.29. The summed E-state index contributed by atoms with van der Waals surface area (Å²) < 4.78 is 0. The Hall–Kier alpha value is -0.120. The molecule has 0 aromatic carbocycles. The minimum absolute atomic E-state index is 0.195. The van der Waals surface area contributed by atoms with E-state index in [0.717, 1.165) is 26.1 Å². The Kier molecular flexibility index (Phi) is 8.01. The fourth-order valence-electron chi connectivity index (χ4n) is 1.88. The summed E-state index contributed by atoms with van der Waals surface area (Å²) in [6, 6.07) is 0.545. The Morgan fingerprint density at radius 3 is 2.29 bits per heavy atom. The van der Waals surface area contributed by atoms with Crippen molar-refractivity contribution in [2.45, 2.75) is 59.6 Å². The van der Waals surface area contributed by atoms with Crippen LogP contribution in [0, 0.1) is 5.41 Å². The third-order valence-electron chi connectivity index (χ3n) is 3.37. The van der Waals surface area contributed by atoms with E-state index < -0.39 is 0 Å². The summed E-state index contributed by atoms with van der Waals surface area (Å²) in [5.74, 6) is 0. The van der Waals surface area contributed by atoms with Crippen LogP contribution in [0.2, 0.25) is 0 Å². The van der Waals surface area contributed by atoms with Crippen molar-refractivity contribution in [3.8, 4) is 0 Å². The summed E-state index contributed by atoms with van der Waals surface area (Å²) in [4.78, 5) is 2.33. The number of aliphatic hydroxyl groups is 1. The van der Waals surface area contributed by atoms with E-state index in [4.69, 9.17) is 0 Å². The zero-order chi connectivity index (χ0) is 13.5. The van der Waals surface area contributed by atoms with Gasteiger partial charge in [0.05, 0.1) is 6.10 Å². The average Bonchev–Trinajstić information content (AvgIpc) is 2.24. The van der Waals surface area contributed by atoms with E-state index in [1.807, 2.05) is 6.92 Å². The highest BCUT2D eigenvalue weighted by atomic mass is 16.3. The first-order valence-electron chi connectivity index (χ1n) is 6.89. The molecule has 0 amide bonds. The molecule has 17 heavy (non-hydrogen) atoms. The summed E-state index contributed by atoms with van der Waals surface area (Å²) in [6.45, 7) is 13.9. The Morgan fingerprint density at radius 2 is 1.88 bits per heavy atom. The van der Waals surface area contributed by atoms with Gasteiger partial charge in [0.25, 0.3) is 0 Å². The fourth-order valence-corrected chi connectivity index (χ4v) is 1.88. The third-order valence-corrected chi connectivity index (χ3v) is 3.37. The van der Waals surface area contributed by atoms with E-state index in [2.05, 4.69) is 45.0 Å². The van der Waals surface area contributed by atoms with Crippen LogP contribution in [0.15, 0.2) is 0 Å². The first-order valence-corrected chi connectivity index (χ1v) is 6.89. The summed E-state index contributed by atoms with van der Waals surface area (Å²) in [7, 11) is 2.14. The predicted octanol–water partition coefficient (Wildman–Crippen LogP) is 2.10. The number of nitrogens with zero attached hydrogens (tertiary/aromatic N) is 1. The van der Waals surface area contributed by atoms with Crippen molar-refractivity contribution >= 4 is 0 Å². The van der Waals surface area contributed by atoms with Crippen molar-refractivity contribution in [1.29, 1.82) is 0 Å². The predicted molar refractivity (Wildman–Crippen MR) is 75.3 cm³/mol. The number of nitrogens with one attached hydrogen (secondary N) is 1. The Morgan fingerprint density at radius 1 is 1.29 bits per heavy atom. The SMILES string of the molecule is CCC(C)(CNC(C)C)CN(C)CCC(C)O. The normalized spacial score (nSPS) is 17.5. The van der Waals surface area contributed by atoms with Gasteiger partial charge in [0.15, 0.2) is 0 Å². The van der Waals surface area contributed by atoms with Crippen molar-refractivity contribution < 1.29 is 5.11 Å². The molecule has 0 saturated heterocycles. The van der Waals surface area contributed by atoms with Crippen LogP contribution < -0.4 is 5.32 Å². The molecule has 104 valence electrons. The molecule has 2 atom stereocenters. The van der Waals surface area contributed by atoms with E-state index in [1.54, 1.807) is 0 Å². The molecule has 0 spiro atoms. The van der Waals surface area contributed by atoms with Gasteiger partial charge in [0, 0.05) is 25.7 Å². The van der Waals surface area contributed by atoms with E-state index in [0.29, 0.717) is 11.5 Å². The maximum absolute atomic E-state index is 9.29. The topological polar surface area (TPSA) is 35.5 Å². The number of hydrogen-bond donors (Lipinski definition) is 2. The van der Waals surface area contributed by atoms with Crippen molar-refractivity contribution in [3.05, 3.63) is 0 Å². The zero-order valence-electron chi connectivity index (χ0n) is 12.6. The fraction of sp³-hybridized carbons (Fsp3) is 1.00. The van der Waals surface area contributed by atoms with Gasteiger partial charge in [-0.3, -0.25) is 0 Å². The molecule has 3 heteroatoms. The van der Waals surface area contributed by atoms with E-state index >= 15 is 0 Å². The molecule has 0 aromatic rings.